The number of anilines is 1. The highest BCUT2D eigenvalue weighted by Gasteiger charge is 2.20. The number of nitrogens with one attached hydrogen (secondary N) is 2. The summed E-state index contributed by atoms with van der Waals surface area (Å²) in [7, 11) is 0. The molecule has 1 heterocycles. The normalized spacial score (nSPS) is 11.8. The standard InChI is InChI=1S/C36H30N2O4S/c39-34(21-37-28-7-2-1-3-8-28)38-32(36(40)41)23-43-22-24-13-15-25(16-14-24)26-17-19-27(20-18-26)29-10-6-11-31-30-9-4-5-12-33(30)42-35(29)31/h1-20,32,37H,21-23H2,(H,38,39)(H,40,41). The molecule has 0 bridgehead atoms. The number of para-hydroxylation sites is 3. The molecule has 0 aliphatic rings. The highest BCUT2D eigenvalue weighted by molar-refractivity contribution is 7.98. The summed E-state index contributed by atoms with van der Waals surface area (Å²) >= 11 is 1.48. The van der Waals surface area contributed by atoms with Crippen molar-refractivity contribution < 1.29 is 19.1 Å². The molecule has 0 fully saturated rings. The fraction of sp³-hybridized carbons (Fsp3) is 0.111. The number of hydrogen-bond acceptors (Lipinski definition) is 5. The molecule has 1 unspecified atom stereocenters. The predicted octanol–water partition coefficient (Wildman–Crippen LogP) is 7.83. The first-order valence-corrected chi connectivity index (χ1v) is 15.2. The smallest absolute Gasteiger partial charge is 0.327 e. The average molecular weight is 587 g/mol. The summed E-state index contributed by atoms with van der Waals surface area (Å²) in [5, 5.41) is 17.4. The van der Waals surface area contributed by atoms with E-state index in [4.69, 9.17) is 4.42 Å². The van der Waals surface area contributed by atoms with Crippen molar-refractivity contribution in [1.82, 2.24) is 5.32 Å². The third-order valence-electron chi connectivity index (χ3n) is 7.30. The van der Waals surface area contributed by atoms with Crippen LogP contribution in [0, 0.1) is 0 Å². The van der Waals surface area contributed by atoms with Crippen molar-refractivity contribution in [3.63, 3.8) is 0 Å². The van der Waals surface area contributed by atoms with E-state index in [1.807, 2.05) is 48.5 Å². The van der Waals surface area contributed by atoms with Gasteiger partial charge in [0.2, 0.25) is 5.91 Å². The Morgan fingerprint density at radius 1 is 0.721 bits per heavy atom. The number of furan rings is 1. The van der Waals surface area contributed by atoms with Crippen LogP contribution in [0.5, 0.6) is 0 Å². The lowest BCUT2D eigenvalue weighted by molar-refractivity contribution is -0.140. The summed E-state index contributed by atoms with van der Waals surface area (Å²) in [6.45, 7) is 0.0104. The maximum Gasteiger partial charge on any atom is 0.327 e. The SMILES string of the molecule is O=C(CNc1ccccc1)NC(CSCc1ccc(-c2ccc(-c3cccc4c3oc3ccccc34)cc2)cc1)C(=O)O. The van der Waals surface area contributed by atoms with Crippen molar-refractivity contribution in [2.24, 2.45) is 0 Å². The number of thioether (sulfide) groups is 1. The molecule has 0 aliphatic heterocycles. The summed E-state index contributed by atoms with van der Waals surface area (Å²) < 4.78 is 6.21. The molecule has 6 rings (SSSR count). The first-order valence-electron chi connectivity index (χ1n) is 14.0. The molecule has 6 nitrogen and oxygen atoms in total. The molecule has 0 spiro atoms. The molecular weight excluding hydrogens is 556 g/mol. The van der Waals surface area contributed by atoms with Crippen molar-refractivity contribution in [3.05, 3.63) is 127 Å². The predicted molar refractivity (Wildman–Crippen MR) is 175 cm³/mol. The third-order valence-corrected chi connectivity index (χ3v) is 8.41. The Hall–Kier alpha value is -5.01. The van der Waals surface area contributed by atoms with E-state index < -0.39 is 12.0 Å². The van der Waals surface area contributed by atoms with Crippen LogP contribution >= 0.6 is 11.8 Å². The highest BCUT2D eigenvalue weighted by Crippen LogP contribution is 2.36. The Balaban J connectivity index is 1.05. The Kier molecular flexibility index (Phi) is 8.42. The molecule has 1 atom stereocenters. The van der Waals surface area contributed by atoms with Crippen LogP contribution in [0.3, 0.4) is 0 Å². The minimum Gasteiger partial charge on any atom is -0.480 e. The molecule has 7 heteroatoms. The third kappa shape index (κ3) is 6.58. The average Bonchev–Trinajstić information content (AvgIpc) is 3.43. The van der Waals surface area contributed by atoms with Crippen LogP contribution in [-0.2, 0) is 15.3 Å². The number of rotatable bonds is 11. The van der Waals surface area contributed by atoms with Crippen molar-refractivity contribution in [2.75, 3.05) is 17.6 Å². The molecule has 0 radical (unpaired) electrons. The van der Waals surface area contributed by atoms with Gasteiger partial charge in [0.25, 0.3) is 0 Å². The second-order valence-corrected chi connectivity index (χ2v) is 11.3. The first kappa shape index (κ1) is 28.1. The number of aliphatic carboxylic acids is 1. The minimum absolute atomic E-state index is 0.0104. The second-order valence-electron chi connectivity index (χ2n) is 10.2. The van der Waals surface area contributed by atoms with Crippen molar-refractivity contribution >= 4 is 51.3 Å². The summed E-state index contributed by atoms with van der Waals surface area (Å²) in [6, 6.07) is 39.5. The molecule has 0 saturated heterocycles. The van der Waals surface area contributed by atoms with Gasteiger partial charge in [-0.3, -0.25) is 4.79 Å². The number of fused-ring (bicyclic) bond motifs is 3. The fourth-order valence-electron chi connectivity index (χ4n) is 5.06. The fourth-order valence-corrected chi connectivity index (χ4v) is 6.07. The van der Waals surface area contributed by atoms with Crippen LogP contribution in [0.25, 0.3) is 44.2 Å². The van der Waals surface area contributed by atoms with Gasteiger partial charge in [0.05, 0.1) is 6.54 Å². The topological polar surface area (TPSA) is 91.6 Å². The quantitative estimate of drug-likeness (QED) is 0.143. The van der Waals surface area contributed by atoms with E-state index in [9.17, 15) is 14.7 Å². The number of hydrogen-bond donors (Lipinski definition) is 3. The molecule has 43 heavy (non-hydrogen) atoms. The number of carbonyl (C=O) groups excluding carboxylic acids is 1. The molecule has 0 saturated carbocycles. The van der Waals surface area contributed by atoms with Crippen LogP contribution in [0.15, 0.2) is 126 Å². The van der Waals surface area contributed by atoms with Crippen molar-refractivity contribution in [2.45, 2.75) is 11.8 Å². The Labute approximate surface area is 253 Å². The number of benzene rings is 5. The van der Waals surface area contributed by atoms with Gasteiger partial charge < -0.3 is 20.2 Å². The first-order chi connectivity index (χ1) is 21.0. The zero-order valence-electron chi connectivity index (χ0n) is 23.3. The lowest BCUT2D eigenvalue weighted by Gasteiger charge is -2.15. The second kappa shape index (κ2) is 12.9. The van der Waals surface area contributed by atoms with Crippen LogP contribution in [-0.4, -0.2) is 35.3 Å². The van der Waals surface area contributed by atoms with Gasteiger partial charge in [-0.2, -0.15) is 11.8 Å². The number of carbonyl (C=O) groups is 2. The van der Waals surface area contributed by atoms with E-state index in [1.54, 1.807) is 0 Å². The zero-order valence-corrected chi connectivity index (χ0v) is 24.1. The highest BCUT2D eigenvalue weighted by atomic mass is 32.2. The Morgan fingerprint density at radius 2 is 1.37 bits per heavy atom. The minimum atomic E-state index is -1.05. The molecule has 0 aliphatic carbocycles. The van der Waals surface area contributed by atoms with Gasteiger partial charge in [0, 0.05) is 33.5 Å². The molecule has 3 N–H and O–H groups in total. The van der Waals surface area contributed by atoms with Crippen molar-refractivity contribution in [1.29, 1.82) is 0 Å². The molecule has 214 valence electrons. The molecule has 1 aromatic heterocycles. The maximum atomic E-state index is 12.3. The lowest BCUT2D eigenvalue weighted by atomic mass is 9.98. The summed E-state index contributed by atoms with van der Waals surface area (Å²) in [5.74, 6) is -0.492. The summed E-state index contributed by atoms with van der Waals surface area (Å²) in [4.78, 5) is 24.0. The van der Waals surface area contributed by atoms with Crippen LogP contribution in [0.2, 0.25) is 0 Å². The molecule has 6 aromatic rings. The van der Waals surface area contributed by atoms with Gasteiger partial charge in [0.1, 0.15) is 17.2 Å². The van der Waals surface area contributed by atoms with Crippen LogP contribution in [0.4, 0.5) is 5.69 Å². The van der Waals surface area contributed by atoms with Crippen molar-refractivity contribution in [3.8, 4) is 22.3 Å². The summed E-state index contributed by atoms with van der Waals surface area (Å²) in [6.07, 6.45) is 0. The van der Waals surface area contributed by atoms with Gasteiger partial charge in [-0.05, 0) is 40.5 Å². The van der Waals surface area contributed by atoms with Gasteiger partial charge in [-0.25, -0.2) is 4.79 Å². The van der Waals surface area contributed by atoms with E-state index in [0.717, 1.165) is 55.4 Å². The molecule has 5 aromatic carbocycles. The maximum absolute atomic E-state index is 12.3. The van der Waals surface area contributed by atoms with Crippen LogP contribution < -0.4 is 10.6 Å². The molecular formula is C36H30N2O4S. The van der Waals surface area contributed by atoms with Crippen LogP contribution in [0.1, 0.15) is 5.56 Å². The van der Waals surface area contributed by atoms with Gasteiger partial charge in [-0.15, -0.1) is 0 Å². The number of amides is 1. The summed E-state index contributed by atoms with van der Waals surface area (Å²) in [5.41, 5.74) is 8.04. The monoisotopic (exact) mass is 586 g/mol. The Morgan fingerprint density at radius 3 is 2.12 bits per heavy atom. The van der Waals surface area contributed by atoms with E-state index in [2.05, 4.69) is 83.4 Å². The van der Waals surface area contributed by atoms with Gasteiger partial charge in [-0.1, -0.05) is 103 Å². The molecule has 1 amide bonds. The lowest BCUT2D eigenvalue weighted by Crippen LogP contribution is -2.44. The van der Waals surface area contributed by atoms with Gasteiger partial charge >= 0.3 is 5.97 Å². The zero-order chi connectivity index (χ0) is 29.6. The largest absolute Gasteiger partial charge is 0.480 e. The van der Waals surface area contributed by atoms with E-state index in [-0.39, 0.29) is 18.2 Å². The Bertz CT molecular complexity index is 1870. The van der Waals surface area contributed by atoms with Gasteiger partial charge in [0.15, 0.2) is 0 Å². The van der Waals surface area contributed by atoms with E-state index >= 15 is 0 Å². The number of carboxylic acid groups (broad SMARTS) is 1. The van der Waals surface area contributed by atoms with E-state index in [0.29, 0.717) is 5.75 Å². The van der Waals surface area contributed by atoms with E-state index in [1.165, 1.54) is 11.8 Å². The number of carboxylic acids is 1.